The maximum atomic E-state index is 13.0. The van der Waals surface area contributed by atoms with E-state index in [2.05, 4.69) is 30.4 Å². The van der Waals surface area contributed by atoms with Crippen LogP contribution in [0.25, 0.3) is 0 Å². The van der Waals surface area contributed by atoms with E-state index in [0.717, 1.165) is 24.2 Å². The van der Waals surface area contributed by atoms with Crippen molar-refractivity contribution >= 4 is 17.6 Å². The monoisotopic (exact) mass is 351 g/mol. The quantitative estimate of drug-likeness (QED) is 0.895. The smallest absolute Gasteiger partial charge is 0.324 e. The summed E-state index contributed by atoms with van der Waals surface area (Å²) < 4.78 is 0. The summed E-state index contributed by atoms with van der Waals surface area (Å²) >= 11 is 0. The molecular weight excluding hydrogens is 326 g/mol. The molecule has 0 saturated carbocycles. The van der Waals surface area contributed by atoms with Crippen molar-refractivity contribution in [2.45, 2.75) is 26.8 Å². The summed E-state index contributed by atoms with van der Waals surface area (Å²) in [6.45, 7) is 6.55. The molecule has 0 radical (unpaired) electrons. The zero-order valence-electron chi connectivity index (χ0n) is 15.4. The highest BCUT2D eigenvalue weighted by Gasteiger charge is 2.27. The second kappa shape index (κ2) is 8.04. The fourth-order valence-corrected chi connectivity index (χ4v) is 3.28. The molecular formula is C21H25N3O2. The van der Waals surface area contributed by atoms with Gasteiger partial charge >= 0.3 is 6.03 Å². The molecule has 1 heterocycles. The molecule has 1 aliphatic heterocycles. The van der Waals surface area contributed by atoms with Gasteiger partial charge in [-0.25, -0.2) is 4.79 Å². The molecule has 0 aromatic heterocycles. The van der Waals surface area contributed by atoms with Gasteiger partial charge in [0.15, 0.2) is 0 Å². The molecule has 0 spiro atoms. The van der Waals surface area contributed by atoms with Gasteiger partial charge in [0.25, 0.3) is 5.91 Å². The second-order valence-electron chi connectivity index (χ2n) is 6.61. The van der Waals surface area contributed by atoms with Crippen LogP contribution in [0.4, 0.5) is 10.5 Å². The lowest BCUT2D eigenvalue weighted by Gasteiger charge is -2.36. The van der Waals surface area contributed by atoms with E-state index in [0.29, 0.717) is 25.2 Å². The van der Waals surface area contributed by atoms with Gasteiger partial charge in [0.2, 0.25) is 0 Å². The van der Waals surface area contributed by atoms with E-state index in [-0.39, 0.29) is 11.9 Å². The summed E-state index contributed by atoms with van der Waals surface area (Å²) in [4.78, 5) is 28.7. The van der Waals surface area contributed by atoms with E-state index < -0.39 is 0 Å². The van der Waals surface area contributed by atoms with Crippen LogP contribution in [0.15, 0.2) is 48.5 Å². The predicted molar refractivity (Wildman–Crippen MR) is 103 cm³/mol. The van der Waals surface area contributed by atoms with Crippen LogP contribution in [0.5, 0.6) is 0 Å². The molecule has 0 atom stereocenters. The summed E-state index contributed by atoms with van der Waals surface area (Å²) in [6, 6.07) is 15.5. The van der Waals surface area contributed by atoms with Gasteiger partial charge < -0.3 is 10.2 Å². The first-order chi connectivity index (χ1) is 12.6. The molecule has 0 bridgehead atoms. The molecule has 26 heavy (non-hydrogen) atoms. The van der Waals surface area contributed by atoms with Gasteiger partial charge in [-0.05, 0) is 44.0 Å². The van der Waals surface area contributed by atoms with Gasteiger partial charge in [0.05, 0.1) is 0 Å². The number of urea groups is 1. The summed E-state index contributed by atoms with van der Waals surface area (Å²) in [5.74, 6) is -0.115. The van der Waals surface area contributed by atoms with Gasteiger partial charge in [-0.3, -0.25) is 9.69 Å². The zero-order valence-corrected chi connectivity index (χ0v) is 15.4. The number of anilines is 1. The Morgan fingerprint density at radius 1 is 1.12 bits per heavy atom. The molecule has 5 nitrogen and oxygen atoms in total. The minimum absolute atomic E-state index is 0.00851. The highest BCUT2D eigenvalue weighted by molar-refractivity contribution is 5.97. The molecule has 2 aromatic rings. The Labute approximate surface area is 154 Å². The maximum Gasteiger partial charge on any atom is 0.324 e. The van der Waals surface area contributed by atoms with Gasteiger partial charge in [-0.2, -0.15) is 0 Å². The fourth-order valence-electron chi connectivity index (χ4n) is 3.28. The Kier molecular flexibility index (Phi) is 5.56. The predicted octanol–water partition coefficient (Wildman–Crippen LogP) is 3.58. The Hall–Kier alpha value is -2.82. The third-order valence-corrected chi connectivity index (χ3v) is 4.52. The topological polar surface area (TPSA) is 52.7 Å². The first kappa shape index (κ1) is 18.0. The average molecular weight is 351 g/mol. The van der Waals surface area contributed by atoms with Crippen LogP contribution < -0.4 is 10.2 Å². The fraction of sp³-hybridized carbons (Fsp3) is 0.333. The number of aryl methyl sites for hydroxylation is 1. The minimum atomic E-state index is -0.115. The SMILES string of the molecule is CCNC(=O)c1cccc(N2CCCN(Cc3cccc(C)c3)C2=O)c1. The summed E-state index contributed by atoms with van der Waals surface area (Å²) in [7, 11) is 0. The Morgan fingerprint density at radius 2 is 1.92 bits per heavy atom. The third-order valence-electron chi connectivity index (χ3n) is 4.52. The number of hydrogen-bond donors (Lipinski definition) is 1. The van der Waals surface area contributed by atoms with Crippen molar-refractivity contribution in [1.82, 2.24) is 10.2 Å². The van der Waals surface area contributed by atoms with E-state index in [9.17, 15) is 9.59 Å². The molecule has 0 unspecified atom stereocenters. The number of carbonyl (C=O) groups is 2. The van der Waals surface area contributed by atoms with Crippen LogP contribution in [-0.2, 0) is 6.54 Å². The number of nitrogens with zero attached hydrogens (tertiary/aromatic N) is 2. The lowest BCUT2D eigenvalue weighted by Crippen LogP contribution is -2.49. The molecule has 5 heteroatoms. The Balaban J connectivity index is 1.77. The van der Waals surface area contributed by atoms with Crippen LogP contribution in [0.3, 0.4) is 0 Å². The van der Waals surface area contributed by atoms with Crippen molar-refractivity contribution in [2.24, 2.45) is 0 Å². The number of benzene rings is 2. The normalized spacial score (nSPS) is 14.5. The Bertz CT molecular complexity index is 803. The molecule has 136 valence electrons. The van der Waals surface area contributed by atoms with Crippen LogP contribution in [0.1, 0.15) is 34.8 Å². The van der Waals surface area contributed by atoms with E-state index >= 15 is 0 Å². The summed E-state index contributed by atoms with van der Waals surface area (Å²) in [5.41, 5.74) is 3.68. The largest absolute Gasteiger partial charge is 0.352 e. The number of amides is 3. The van der Waals surface area contributed by atoms with Gasteiger partial charge in [0.1, 0.15) is 0 Å². The first-order valence-electron chi connectivity index (χ1n) is 9.08. The molecule has 1 fully saturated rings. The van der Waals surface area contributed by atoms with Gasteiger partial charge in [-0.1, -0.05) is 35.9 Å². The highest BCUT2D eigenvalue weighted by atomic mass is 16.2. The van der Waals surface area contributed by atoms with Crippen molar-refractivity contribution in [3.05, 3.63) is 65.2 Å². The Morgan fingerprint density at radius 3 is 2.69 bits per heavy atom. The minimum Gasteiger partial charge on any atom is -0.352 e. The van der Waals surface area contributed by atoms with E-state index in [1.165, 1.54) is 5.56 Å². The van der Waals surface area contributed by atoms with Gasteiger partial charge in [-0.15, -0.1) is 0 Å². The number of rotatable bonds is 5. The average Bonchev–Trinajstić information content (AvgIpc) is 2.64. The van der Waals surface area contributed by atoms with E-state index in [4.69, 9.17) is 0 Å². The van der Waals surface area contributed by atoms with E-state index in [1.807, 2.05) is 30.0 Å². The van der Waals surface area contributed by atoms with Crippen LogP contribution in [-0.4, -0.2) is 36.5 Å². The zero-order chi connectivity index (χ0) is 18.5. The molecule has 2 aromatic carbocycles. The summed E-state index contributed by atoms with van der Waals surface area (Å²) in [5, 5.41) is 2.80. The standard InChI is InChI=1S/C21H25N3O2/c1-3-22-20(25)18-9-5-10-19(14-18)24-12-6-11-23(21(24)26)15-17-8-4-7-16(2)13-17/h4-5,7-10,13-14H,3,6,11-12,15H2,1-2H3,(H,22,25). The lowest BCUT2D eigenvalue weighted by atomic mass is 10.1. The summed E-state index contributed by atoms with van der Waals surface area (Å²) in [6.07, 6.45) is 0.906. The lowest BCUT2D eigenvalue weighted by molar-refractivity contribution is 0.0955. The van der Waals surface area contributed by atoms with Crippen molar-refractivity contribution in [3.63, 3.8) is 0 Å². The highest BCUT2D eigenvalue weighted by Crippen LogP contribution is 2.22. The second-order valence-corrected chi connectivity index (χ2v) is 6.61. The van der Waals surface area contributed by atoms with Crippen LogP contribution in [0, 0.1) is 6.92 Å². The number of hydrogen-bond acceptors (Lipinski definition) is 2. The third kappa shape index (κ3) is 4.04. The van der Waals surface area contributed by atoms with Crippen molar-refractivity contribution in [1.29, 1.82) is 0 Å². The molecule has 1 aliphatic rings. The van der Waals surface area contributed by atoms with Crippen molar-refractivity contribution < 1.29 is 9.59 Å². The molecule has 1 saturated heterocycles. The molecule has 0 aliphatic carbocycles. The first-order valence-corrected chi connectivity index (χ1v) is 9.08. The molecule has 1 N–H and O–H groups in total. The van der Waals surface area contributed by atoms with Crippen LogP contribution >= 0.6 is 0 Å². The number of carbonyl (C=O) groups excluding carboxylic acids is 2. The molecule has 3 amide bonds. The number of nitrogens with one attached hydrogen (secondary N) is 1. The van der Waals surface area contributed by atoms with Crippen molar-refractivity contribution in [3.8, 4) is 0 Å². The van der Waals surface area contributed by atoms with Gasteiger partial charge in [0, 0.05) is 37.4 Å². The maximum absolute atomic E-state index is 13.0. The van der Waals surface area contributed by atoms with Crippen LogP contribution in [0.2, 0.25) is 0 Å². The molecule has 3 rings (SSSR count). The van der Waals surface area contributed by atoms with Crippen molar-refractivity contribution in [2.75, 3.05) is 24.5 Å². The van der Waals surface area contributed by atoms with E-state index in [1.54, 1.807) is 17.0 Å².